The van der Waals surface area contributed by atoms with Gasteiger partial charge in [-0.05, 0) is 19.9 Å². The standard InChI is InChI=1S/C12H18O4/c1-5-16-9-6-10(8(2)13)12(15-4)11(7-9)14-3/h6-8,13H,5H2,1-4H3. The van der Waals surface area contributed by atoms with Crippen LogP contribution in [0.15, 0.2) is 12.1 Å². The van der Waals surface area contributed by atoms with Crippen molar-refractivity contribution in [2.24, 2.45) is 0 Å². The molecule has 0 aliphatic carbocycles. The molecule has 0 radical (unpaired) electrons. The quantitative estimate of drug-likeness (QED) is 0.835. The third-order valence-electron chi connectivity index (χ3n) is 2.24. The lowest BCUT2D eigenvalue weighted by Crippen LogP contribution is -2.01. The maximum absolute atomic E-state index is 9.66. The van der Waals surface area contributed by atoms with Crippen molar-refractivity contribution in [3.63, 3.8) is 0 Å². The lowest BCUT2D eigenvalue weighted by molar-refractivity contribution is 0.192. The van der Waals surface area contributed by atoms with E-state index in [4.69, 9.17) is 14.2 Å². The Morgan fingerprint density at radius 3 is 2.38 bits per heavy atom. The highest BCUT2D eigenvalue weighted by Crippen LogP contribution is 2.38. The van der Waals surface area contributed by atoms with Gasteiger partial charge >= 0.3 is 0 Å². The molecule has 4 heteroatoms. The topological polar surface area (TPSA) is 47.9 Å². The Kier molecular flexibility index (Phi) is 4.43. The molecule has 0 fully saturated rings. The Morgan fingerprint density at radius 2 is 1.94 bits per heavy atom. The van der Waals surface area contributed by atoms with Crippen LogP contribution in [0.2, 0.25) is 0 Å². The Balaban J connectivity index is 3.25. The number of benzene rings is 1. The van der Waals surface area contributed by atoms with Gasteiger partial charge in [-0.2, -0.15) is 0 Å². The molecule has 0 aliphatic heterocycles. The lowest BCUT2D eigenvalue weighted by Gasteiger charge is -2.16. The number of hydrogen-bond donors (Lipinski definition) is 1. The highest BCUT2D eigenvalue weighted by Gasteiger charge is 2.16. The van der Waals surface area contributed by atoms with Crippen molar-refractivity contribution in [1.82, 2.24) is 0 Å². The van der Waals surface area contributed by atoms with Crippen LogP contribution in [0.5, 0.6) is 17.2 Å². The monoisotopic (exact) mass is 226 g/mol. The van der Waals surface area contributed by atoms with Crippen LogP contribution in [0, 0.1) is 0 Å². The fourth-order valence-electron chi connectivity index (χ4n) is 1.53. The molecule has 16 heavy (non-hydrogen) atoms. The fraction of sp³-hybridized carbons (Fsp3) is 0.500. The summed E-state index contributed by atoms with van der Waals surface area (Å²) in [5.74, 6) is 1.77. The summed E-state index contributed by atoms with van der Waals surface area (Å²) >= 11 is 0. The Hall–Kier alpha value is -1.42. The van der Waals surface area contributed by atoms with E-state index < -0.39 is 6.10 Å². The molecule has 1 aromatic carbocycles. The van der Waals surface area contributed by atoms with E-state index in [2.05, 4.69) is 0 Å². The van der Waals surface area contributed by atoms with Gasteiger partial charge in [-0.3, -0.25) is 0 Å². The molecule has 0 amide bonds. The number of methoxy groups -OCH3 is 2. The third kappa shape index (κ3) is 2.58. The zero-order valence-electron chi connectivity index (χ0n) is 10.1. The number of ether oxygens (including phenoxy) is 3. The van der Waals surface area contributed by atoms with Gasteiger partial charge in [-0.25, -0.2) is 0 Å². The molecule has 0 aromatic heterocycles. The summed E-state index contributed by atoms with van der Waals surface area (Å²) in [5.41, 5.74) is 0.658. The Bertz CT molecular complexity index is 347. The van der Waals surface area contributed by atoms with E-state index >= 15 is 0 Å². The first-order valence-corrected chi connectivity index (χ1v) is 5.20. The Labute approximate surface area is 95.8 Å². The second kappa shape index (κ2) is 5.61. The van der Waals surface area contributed by atoms with Crippen molar-refractivity contribution in [1.29, 1.82) is 0 Å². The summed E-state index contributed by atoms with van der Waals surface area (Å²) in [6, 6.07) is 3.50. The number of aliphatic hydroxyl groups is 1. The van der Waals surface area contributed by atoms with Gasteiger partial charge in [0.2, 0.25) is 0 Å². The van der Waals surface area contributed by atoms with Crippen LogP contribution in [-0.2, 0) is 0 Å². The van der Waals surface area contributed by atoms with Crippen molar-refractivity contribution in [2.45, 2.75) is 20.0 Å². The second-order valence-electron chi connectivity index (χ2n) is 3.36. The molecular formula is C12H18O4. The van der Waals surface area contributed by atoms with Crippen LogP contribution in [0.4, 0.5) is 0 Å². The van der Waals surface area contributed by atoms with E-state index in [1.165, 1.54) is 0 Å². The van der Waals surface area contributed by atoms with Crippen LogP contribution < -0.4 is 14.2 Å². The summed E-state index contributed by atoms with van der Waals surface area (Å²) < 4.78 is 15.8. The van der Waals surface area contributed by atoms with Crippen LogP contribution in [0.1, 0.15) is 25.5 Å². The summed E-state index contributed by atoms with van der Waals surface area (Å²) in [4.78, 5) is 0. The predicted octanol–water partition coefficient (Wildman–Crippen LogP) is 2.16. The number of hydrogen-bond acceptors (Lipinski definition) is 4. The minimum atomic E-state index is -0.635. The number of aliphatic hydroxyl groups excluding tert-OH is 1. The van der Waals surface area contributed by atoms with Crippen LogP contribution >= 0.6 is 0 Å². The van der Waals surface area contributed by atoms with Crippen LogP contribution in [-0.4, -0.2) is 25.9 Å². The Morgan fingerprint density at radius 1 is 1.25 bits per heavy atom. The van der Waals surface area contributed by atoms with E-state index in [1.54, 1.807) is 33.3 Å². The van der Waals surface area contributed by atoms with Gasteiger partial charge in [0.25, 0.3) is 0 Å². The van der Waals surface area contributed by atoms with E-state index in [0.29, 0.717) is 29.4 Å². The van der Waals surface area contributed by atoms with Crippen molar-refractivity contribution >= 4 is 0 Å². The molecule has 1 rings (SSSR count). The first-order chi connectivity index (χ1) is 7.63. The third-order valence-corrected chi connectivity index (χ3v) is 2.24. The first-order valence-electron chi connectivity index (χ1n) is 5.20. The highest BCUT2D eigenvalue weighted by molar-refractivity contribution is 5.52. The molecule has 0 saturated heterocycles. The normalized spacial score (nSPS) is 12.1. The largest absolute Gasteiger partial charge is 0.494 e. The molecule has 1 atom stereocenters. The van der Waals surface area contributed by atoms with Crippen LogP contribution in [0.25, 0.3) is 0 Å². The van der Waals surface area contributed by atoms with Crippen molar-refractivity contribution < 1.29 is 19.3 Å². The first kappa shape index (κ1) is 12.6. The minimum Gasteiger partial charge on any atom is -0.494 e. The summed E-state index contributed by atoms with van der Waals surface area (Å²) in [6.45, 7) is 4.14. The molecule has 0 bridgehead atoms. The SMILES string of the molecule is CCOc1cc(OC)c(OC)c(C(C)O)c1. The number of rotatable bonds is 5. The minimum absolute atomic E-state index is 0.543. The zero-order valence-corrected chi connectivity index (χ0v) is 10.1. The van der Waals surface area contributed by atoms with Crippen LogP contribution in [0.3, 0.4) is 0 Å². The summed E-state index contributed by atoms with van der Waals surface area (Å²) in [7, 11) is 3.10. The van der Waals surface area contributed by atoms with Gasteiger partial charge in [0.05, 0.1) is 26.9 Å². The molecule has 1 N–H and O–H groups in total. The van der Waals surface area contributed by atoms with E-state index in [-0.39, 0.29) is 0 Å². The summed E-state index contributed by atoms with van der Waals surface area (Å²) in [5, 5.41) is 9.66. The zero-order chi connectivity index (χ0) is 12.1. The van der Waals surface area contributed by atoms with Gasteiger partial charge in [-0.1, -0.05) is 0 Å². The maximum Gasteiger partial charge on any atom is 0.166 e. The van der Waals surface area contributed by atoms with Gasteiger partial charge in [-0.15, -0.1) is 0 Å². The smallest absolute Gasteiger partial charge is 0.166 e. The molecule has 4 nitrogen and oxygen atoms in total. The van der Waals surface area contributed by atoms with Gasteiger partial charge in [0.1, 0.15) is 5.75 Å². The molecule has 1 unspecified atom stereocenters. The maximum atomic E-state index is 9.66. The van der Waals surface area contributed by atoms with E-state index in [0.717, 1.165) is 0 Å². The molecule has 0 spiro atoms. The van der Waals surface area contributed by atoms with Gasteiger partial charge in [0, 0.05) is 11.6 Å². The molecular weight excluding hydrogens is 208 g/mol. The van der Waals surface area contributed by atoms with Gasteiger partial charge in [0.15, 0.2) is 11.5 Å². The van der Waals surface area contributed by atoms with E-state index in [1.807, 2.05) is 6.92 Å². The summed E-state index contributed by atoms with van der Waals surface area (Å²) in [6.07, 6.45) is -0.635. The fourth-order valence-corrected chi connectivity index (χ4v) is 1.53. The average Bonchev–Trinajstić information content (AvgIpc) is 2.28. The molecule has 90 valence electrons. The molecule has 0 saturated carbocycles. The second-order valence-corrected chi connectivity index (χ2v) is 3.36. The van der Waals surface area contributed by atoms with Crippen molar-refractivity contribution in [3.8, 4) is 17.2 Å². The van der Waals surface area contributed by atoms with E-state index in [9.17, 15) is 5.11 Å². The molecule has 0 aliphatic rings. The molecule has 1 aromatic rings. The lowest BCUT2D eigenvalue weighted by atomic mass is 10.1. The highest BCUT2D eigenvalue weighted by atomic mass is 16.5. The average molecular weight is 226 g/mol. The molecule has 0 heterocycles. The predicted molar refractivity (Wildman–Crippen MR) is 61.3 cm³/mol. The van der Waals surface area contributed by atoms with Crippen molar-refractivity contribution in [3.05, 3.63) is 17.7 Å². The van der Waals surface area contributed by atoms with Crippen molar-refractivity contribution in [2.75, 3.05) is 20.8 Å². The van der Waals surface area contributed by atoms with Gasteiger partial charge < -0.3 is 19.3 Å².